The number of ether oxygens (including phenoxy) is 1. The fourth-order valence-corrected chi connectivity index (χ4v) is 1.91. The molecule has 0 spiro atoms. The summed E-state index contributed by atoms with van der Waals surface area (Å²) in [6.07, 6.45) is 4.08. The molecule has 0 unspecified atom stereocenters. The fourth-order valence-electron chi connectivity index (χ4n) is 1.91. The van der Waals surface area contributed by atoms with Crippen LogP contribution in [0.1, 0.15) is 22.7 Å². The highest BCUT2D eigenvalue weighted by Crippen LogP contribution is 2.20. The Morgan fingerprint density at radius 1 is 1.33 bits per heavy atom. The quantitative estimate of drug-likeness (QED) is 0.640. The van der Waals surface area contributed by atoms with Gasteiger partial charge in [0.2, 0.25) is 5.95 Å². The molecule has 1 aliphatic heterocycles. The molecule has 3 heterocycles. The third-order valence-electron chi connectivity index (χ3n) is 2.93. The monoisotopic (exact) mass is 283 g/mol. The van der Waals surface area contributed by atoms with Gasteiger partial charge in [0.15, 0.2) is 0 Å². The first kappa shape index (κ1) is 13.1. The zero-order valence-corrected chi connectivity index (χ0v) is 10.8. The molecule has 0 aromatic carbocycles. The summed E-state index contributed by atoms with van der Waals surface area (Å²) in [5.74, 6) is 5.16. The van der Waals surface area contributed by atoms with Crippen LogP contribution in [0.5, 0.6) is 0 Å². The van der Waals surface area contributed by atoms with Gasteiger partial charge in [-0.3, -0.25) is 4.98 Å². The number of carbonyl (C=O) groups excluding carboxylic acids is 1. The molecular formula is C15H10FN3O2. The molecule has 2 aromatic rings. The molecule has 21 heavy (non-hydrogen) atoms. The van der Waals surface area contributed by atoms with Crippen molar-refractivity contribution in [3.8, 4) is 11.8 Å². The number of alkyl carbamates (subject to hydrolysis) is 1. The lowest BCUT2D eigenvalue weighted by molar-refractivity contribution is 0.176. The first-order valence-corrected chi connectivity index (χ1v) is 6.23. The van der Waals surface area contributed by atoms with Crippen molar-refractivity contribution in [3.63, 3.8) is 0 Å². The van der Waals surface area contributed by atoms with E-state index in [1.165, 1.54) is 6.20 Å². The van der Waals surface area contributed by atoms with Crippen LogP contribution >= 0.6 is 0 Å². The van der Waals surface area contributed by atoms with Crippen molar-refractivity contribution >= 4 is 6.09 Å². The number of nitrogens with zero attached hydrogens (tertiary/aromatic N) is 2. The molecule has 2 aromatic heterocycles. The number of carbonyl (C=O) groups is 1. The molecule has 0 saturated carbocycles. The predicted octanol–water partition coefficient (Wildman–Crippen LogP) is 1.80. The Morgan fingerprint density at radius 3 is 2.90 bits per heavy atom. The molecule has 1 N–H and O–H groups in total. The molecule has 0 bridgehead atoms. The number of rotatable bonds is 1. The summed E-state index contributed by atoms with van der Waals surface area (Å²) < 4.78 is 18.5. The second kappa shape index (κ2) is 5.59. The summed E-state index contributed by atoms with van der Waals surface area (Å²) in [6.45, 7) is 0.0803. The van der Waals surface area contributed by atoms with Crippen molar-refractivity contribution in [2.45, 2.75) is 6.04 Å². The maximum Gasteiger partial charge on any atom is 0.407 e. The van der Waals surface area contributed by atoms with Gasteiger partial charge in [-0.15, -0.1) is 0 Å². The highest BCUT2D eigenvalue weighted by molar-refractivity contribution is 5.70. The van der Waals surface area contributed by atoms with E-state index >= 15 is 0 Å². The van der Waals surface area contributed by atoms with E-state index in [0.29, 0.717) is 5.56 Å². The average molecular weight is 283 g/mol. The molecule has 3 rings (SSSR count). The molecule has 6 heteroatoms. The van der Waals surface area contributed by atoms with Gasteiger partial charge in [-0.25, -0.2) is 9.78 Å². The van der Waals surface area contributed by atoms with Gasteiger partial charge in [-0.05, 0) is 18.2 Å². The van der Waals surface area contributed by atoms with Gasteiger partial charge in [0.1, 0.15) is 6.61 Å². The van der Waals surface area contributed by atoms with Crippen LogP contribution in [0, 0.1) is 17.8 Å². The Hall–Kier alpha value is -2.94. The Kier molecular flexibility index (Phi) is 3.48. The minimum atomic E-state index is -0.641. The smallest absolute Gasteiger partial charge is 0.407 e. The molecule has 104 valence electrons. The van der Waals surface area contributed by atoms with Crippen LogP contribution in [0.2, 0.25) is 0 Å². The number of halogens is 1. The lowest BCUT2D eigenvalue weighted by atomic mass is 10.1. The second-order valence-electron chi connectivity index (χ2n) is 4.39. The standard InChI is InChI=1S/C15H10FN3O2/c16-14-12(13-9-21-15(20)19-13)6-11(8-18-14)4-3-10-2-1-5-17-7-10/h1-2,5-8,13H,9H2,(H,19,20)/t13-/m0/s1. The minimum Gasteiger partial charge on any atom is -0.447 e. The van der Waals surface area contributed by atoms with Crippen LogP contribution in [0.25, 0.3) is 0 Å². The summed E-state index contributed by atoms with van der Waals surface area (Å²) in [5, 5.41) is 2.51. The van der Waals surface area contributed by atoms with E-state index in [1.807, 2.05) is 6.07 Å². The Morgan fingerprint density at radius 2 is 2.19 bits per heavy atom. The molecule has 0 aliphatic carbocycles. The van der Waals surface area contributed by atoms with Crippen LogP contribution in [-0.2, 0) is 4.74 Å². The van der Waals surface area contributed by atoms with Crippen LogP contribution in [0.4, 0.5) is 9.18 Å². The first-order chi connectivity index (χ1) is 10.2. The van der Waals surface area contributed by atoms with E-state index in [4.69, 9.17) is 4.74 Å². The summed E-state index contributed by atoms with van der Waals surface area (Å²) in [5.41, 5.74) is 1.57. The van der Waals surface area contributed by atoms with E-state index in [2.05, 4.69) is 27.1 Å². The molecular weight excluding hydrogens is 273 g/mol. The SMILES string of the molecule is O=C1N[C@H](c2cc(C#Cc3cccnc3)cnc2F)CO1. The lowest BCUT2D eigenvalue weighted by Gasteiger charge is -2.08. The third-order valence-corrected chi connectivity index (χ3v) is 2.93. The Balaban J connectivity index is 1.88. The normalized spacial score (nSPS) is 16.6. The van der Waals surface area contributed by atoms with E-state index in [0.717, 1.165) is 5.56 Å². The molecule has 1 saturated heterocycles. The van der Waals surface area contributed by atoms with Crippen LogP contribution in [0.15, 0.2) is 36.8 Å². The van der Waals surface area contributed by atoms with E-state index < -0.39 is 18.1 Å². The summed E-state index contributed by atoms with van der Waals surface area (Å²) in [7, 11) is 0. The lowest BCUT2D eigenvalue weighted by Crippen LogP contribution is -2.19. The second-order valence-corrected chi connectivity index (χ2v) is 4.39. The average Bonchev–Trinajstić information content (AvgIpc) is 2.94. The number of aromatic nitrogens is 2. The van der Waals surface area contributed by atoms with Crippen LogP contribution in [-0.4, -0.2) is 22.7 Å². The third kappa shape index (κ3) is 2.98. The number of cyclic esters (lactones) is 1. The molecule has 1 aliphatic rings. The molecule has 1 amide bonds. The van der Waals surface area contributed by atoms with Gasteiger partial charge >= 0.3 is 6.09 Å². The zero-order chi connectivity index (χ0) is 14.7. The summed E-state index contributed by atoms with van der Waals surface area (Å²) >= 11 is 0. The number of nitrogens with one attached hydrogen (secondary N) is 1. The maximum atomic E-state index is 13.7. The highest BCUT2D eigenvalue weighted by atomic mass is 19.1. The van der Waals surface area contributed by atoms with Crippen molar-refractivity contribution in [2.75, 3.05) is 6.61 Å². The Bertz CT molecular complexity index is 738. The number of pyridine rings is 2. The van der Waals surface area contributed by atoms with E-state index in [-0.39, 0.29) is 12.2 Å². The van der Waals surface area contributed by atoms with Gasteiger partial charge in [0.25, 0.3) is 0 Å². The molecule has 1 atom stereocenters. The van der Waals surface area contributed by atoms with Gasteiger partial charge in [0.05, 0.1) is 6.04 Å². The summed E-state index contributed by atoms with van der Waals surface area (Å²) in [4.78, 5) is 18.6. The van der Waals surface area contributed by atoms with Crippen molar-refractivity contribution < 1.29 is 13.9 Å². The minimum absolute atomic E-state index is 0.0803. The molecule has 0 radical (unpaired) electrons. The highest BCUT2D eigenvalue weighted by Gasteiger charge is 2.26. The topological polar surface area (TPSA) is 64.1 Å². The van der Waals surface area contributed by atoms with Crippen LogP contribution in [0.3, 0.4) is 0 Å². The van der Waals surface area contributed by atoms with Crippen LogP contribution < -0.4 is 5.32 Å². The zero-order valence-electron chi connectivity index (χ0n) is 10.8. The number of hydrogen-bond donors (Lipinski definition) is 1. The van der Waals surface area contributed by atoms with E-state index in [1.54, 1.807) is 24.5 Å². The van der Waals surface area contributed by atoms with Crippen molar-refractivity contribution in [1.29, 1.82) is 0 Å². The van der Waals surface area contributed by atoms with Gasteiger partial charge < -0.3 is 10.1 Å². The Labute approximate surface area is 120 Å². The van der Waals surface area contributed by atoms with Crippen molar-refractivity contribution in [3.05, 3.63) is 59.4 Å². The van der Waals surface area contributed by atoms with Crippen molar-refractivity contribution in [2.24, 2.45) is 0 Å². The van der Waals surface area contributed by atoms with Gasteiger partial charge in [-0.1, -0.05) is 11.8 Å². The van der Waals surface area contributed by atoms with E-state index in [9.17, 15) is 9.18 Å². The largest absolute Gasteiger partial charge is 0.447 e. The molecule has 5 nitrogen and oxygen atoms in total. The first-order valence-electron chi connectivity index (χ1n) is 6.23. The summed E-state index contributed by atoms with van der Waals surface area (Å²) in [6, 6.07) is 4.63. The predicted molar refractivity (Wildman–Crippen MR) is 71.6 cm³/mol. The van der Waals surface area contributed by atoms with Gasteiger partial charge in [0, 0.05) is 35.3 Å². The molecule has 1 fully saturated rings. The number of amides is 1. The fraction of sp³-hybridized carbons (Fsp3) is 0.133. The maximum absolute atomic E-state index is 13.7. The van der Waals surface area contributed by atoms with Crippen molar-refractivity contribution in [1.82, 2.24) is 15.3 Å². The number of hydrogen-bond acceptors (Lipinski definition) is 4. The van der Waals surface area contributed by atoms with Gasteiger partial charge in [-0.2, -0.15) is 4.39 Å².